The van der Waals surface area contributed by atoms with E-state index in [9.17, 15) is 4.79 Å². The normalized spacial score (nSPS) is 9.21. The van der Waals surface area contributed by atoms with E-state index in [-0.39, 0.29) is 7.33 Å². The van der Waals surface area contributed by atoms with Crippen molar-refractivity contribution in [2.75, 3.05) is 5.32 Å². The summed E-state index contributed by atoms with van der Waals surface area (Å²) in [6.45, 7) is 5.85. The number of amides is 1. The van der Waals surface area contributed by atoms with Crippen LogP contribution < -0.4 is 5.32 Å². The van der Waals surface area contributed by atoms with Gasteiger partial charge in [0.1, 0.15) is 0 Å². The van der Waals surface area contributed by atoms with Gasteiger partial charge in [0.2, 0.25) is 5.91 Å². The number of hydrogen-bond donors (Lipinski definition) is 1. The summed E-state index contributed by atoms with van der Waals surface area (Å²) in [4.78, 5) is 11.7. The molecule has 19 heavy (non-hydrogen) atoms. The van der Waals surface area contributed by atoms with Crippen LogP contribution >= 0.6 is 0 Å². The zero-order valence-electron chi connectivity index (χ0n) is 11.6. The lowest BCUT2D eigenvalue weighted by Gasteiger charge is -2.03. The first-order valence-electron chi connectivity index (χ1n) is 6.38. The summed E-state index contributed by atoms with van der Waals surface area (Å²) in [5, 5.41) is 10.5. The zero-order chi connectivity index (χ0) is 14.1. The van der Waals surface area contributed by atoms with Crippen molar-refractivity contribution >= 4 is 11.7 Å². The molecule has 0 aliphatic carbocycles. The summed E-state index contributed by atoms with van der Waals surface area (Å²) in [7, 11) is 0. The van der Waals surface area contributed by atoms with Crippen LogP contribution in [0, 0.1) is 6.92 Å². The molecule has 1 aromatic carbocycles. The highest BCUT2D eigenvalue weighted by molar-refractivity contribution is 5.91. The maximum Gasteiger partial charge on any atom is 0.229 e. The van der Waals surface area contributed by atoms with E-state index in [1.807, 2.05) is 57.2 Å². The van der Waals surface area contributed by atoms with Crippen LogP contribution in [0.3, 0.4) is 0 Å². The number of nitrogens with one attached hydrogen (secondary N) is 1. The molecule has 0 atom stereocenters. The first-order valence-corrected chi connectivity index (χ1v) is 6.38. The highest BCUT2D eigenvalue weighted by atomic mass is 16.1. The topological polar surface area (TPSA) is 54.9 Å². The van der Waals surface area contributed by atoms with Crippen LogP contribution in [0.4, 0.5) is 5.82 Å². The molecule has 4 nitrogen and oxygen atoms in total. The summed E-state index contributed by atoms with van der Waals surface area (Å²) in [5.74, 6) is 0.394. The average Bonchev–Trinajstić information content (AvgIpc) is 2.45. The van der Waals surface area contributed by atoms with Gasteiger partial charge in [0.15, 0.2) is 5.82 Å². The number of carbonyl (C=O) groups excluding carboxylic acids is 1. The summed E-state index contributed by atoms with van der Waals surface area (Å²) in [5.41, 5.74) is 1.80. The molecule has 0 aliphatic heterocycles. The molecular formula is C15H21N3O. The lowest BCUT2D eigenvalue weighted by atomic mass is 10.1. The minimum atomic E-state index is -0.0886. The molecule has 0 unspecified atom stereocenters. The molecular weight excluding hydrogens is 238 g/mol. The van der Waals surface area contributed by atoms with E-state index in [0.717, 1.165) is 11.3 Å². The van der Waals surface area contributed by atoms with Gasteiger partial charge in [-0.1, -0.05) is 44.2 Å². The standard InChI is InChI=1S/C13H13N3O.C2H6.H2/c1-10-7-8-12(16-15-10)14-13(17)9-11-5-3-2-4-6-11;1-2;/h2-8H,9H2,1H3,(H,14,16,17);1-2H3;1H. The number of carbonyl (C=O) groups is 1. The Hall–Kier alpha value is -2.23. The molecule has 0 radical (unpaired) electrons. The van der Waals surface area contributed by atoms with E-state index in [0.29, 0.717) is 12.2 Å². The summed E-state index contributed by atoms with van der Waals surface area (Å²) in [6.07, 6.45) is 0.344. The molecule has 102 valence electrons. The van der Waals surface area contributed by atoms with Gasteiger partial charge < -0.3 is 5.32 Å². The van der Waals surface area contributed by atoms with Crippen LogP contribution in [-0.4, -0.2) is 16.1 Å². The average molecular weight is 259 g/mol. The number of anilines is 1. The van der Waals surface area contributed by atoms with Gasteiger partial charge in [0, 0.05) is 1.43 Å². The number of rotatable bonds is 3. The van der Waals surface area contributed by atoms with Crippen molar-refractivity contribution < 1.29 is 6.22 Å². The third kappa shape index (κ3) is 5.29. The maximum absolute atomic E-state index is 11.7. The van der Waals surface area contributed by atoms with Gasteiger partial charge in [-0.3, -0.25) is 4.79 Å². The quantitative estimate of drug-likeness (QED) is 0.920. The predicted octanol–water partition coefficient (Wildman–Crippen LogP) is 3.24. The van der Waals surface area contributed by atoms with E-state index in [1.165, 1.54) is 0 Å². The molecule has 0 bridgehead atoms. The number of aryl methyl sites for hydroxylation is 1. The minimum Gasteiger partial charge on any atom is -0.309 e. The third-order valence-corrected chi connectivity index (χ3v) is 2.27. The van der Waals surface area contributed by atoms with Crippen LogP contribution in [0.2, 0.25) is 0 Å². The Labute approximate surface area is 115 Å². The van der Waals surface area contributed by atoms with Crippen LogP contribution in [-0.2, 0) is 11.2 Å². The minimum absolute atomic E-state index is 0. The molecule has 0 aliphatic rings. The fraction of sp³-hybridized carbons (Fsp3) is 0.267. The van der Waals surface area contributed by atoms with Gasteiger partial charge in [-0.05, 0) is 24.6 Å². The van der Waals surface area contributed by atoms with Crippen molar-refractivity contribution in [3.05, 3.63) is 53.7 Å². The van der Waals surface area contributed by atoms with E-state index < -0.39 is 0 Å². The molecule has 1 heterocycles. The number of nitrogens with zero attached hydrogens (tertiary/aromatic N) is 2. The predicted molar refractivity (Wildman–Crippen MR) is 79.0 cm³/mol. The zero-order valence-corrected chi connectivity index (χ0v) is 11.6. The first kappa shape index (κ1) is 14.8. The third-order valence-electron chi connectivity index (χ3n) is 2.27. The Morgan fingerprint density at radius 3 is 2.37 bits per heavy atom. The summed E-state index contributed by atoms with van der Waals surface area (Å²) >= 11 is 0. The highest BCUT2D eigenvalue weighted by Gasteiger charge is 2.04. The lowest BCUT2D eigenvalue weighted by Crippen LogP contribution is -2.15. The SMILES string of the molecule is CC.Cc1ccc(NC(=O)Cc2ccccc2)nn1.[HH]. The van der Waals surface area contributed by atoms with Gasteiger partial charge in [0.05, 0.1) is 12.1 Å². The second-order valence-electron chi connectivity index (χ2n) is 3.77. The summed E-state index contributed by atoms with van der Waals surface area (Å²) in [6, 6.07) is 13.1. The summed E-state index contributed by atoms with van der Waals surface area (Å²) < 4.78 is 0. The second-order valence-corrected chi connectivity index (χ2v) is 3.77. The van der Waals surface area contributed by atoms with Gasteiger partial charge in [-0.25, -0.2) is 0 Å². The number of aromatic nitrogens is 2. The highest BCUT2D eigenvalue weighted by Crippen LogP contribution is 2.04. The number of hydrogen-bond acceptors (Lipinski definition) is 3. The Morgan fingerprint density at radius 2 is 1.79 bits per heavy atom. The fourth-order valence-corrected chi connectivity index (χ4v) is 1.43. The van der Waals surface area contributed by atoms with Crippen LogP contribution in [0.5, 0.6) is 0 Å². The van der Waals surface area contributed by atoms with E-state index in [4.69, 9.17) is 0 Å². The van der Waals surface area contributed by atoms with Crippen molar-refractivity contribution in [1.29, 1.82) is 0 Å². The van der Waals surface area contributed by atoms with Crippen molar-refractivity contribution in [3.8, 4) is 0 Å². The molecule has 0 saturated heterocycles. The van der Waals surface area contributed by atoms with Gasteiger partial charge in [-0.2, -0.15) is 5.10 Å². The fourth-order valence-electron chi connectivity index (χ4n) is 1.43. The van der Waals surface area contributed by atoms with E-state index in [1.54, 1.807) is 6.07 Å². The van der Waals surface area contributed by atoms with Gasteiger partial charge in [0.25, 0.3) is 0 Å². The van der Waals surface area contributed by atoms with Crippen LogP contribution in [0.15, 0.2) is 42.5 Å². The van der Waals surface area contributed by atoms with E-state index >= 15 is 0 Å². The van der Waals surface area contributed by atoms with Crippen molar-refractivity contribution in [1.82, 2.24) is 10.2 Å². The van der Waals surface area contributed by atoms with Gasteiger partial charge >= 0.3 is 0 Å². The largest absolute Gasteiger partial charge is 0.309 e. The molecule has 0 saturated carbocycles. The van der Waals surface area contributed by atoms with Crippen molar-refractivity contribution in [2.24, 2.45) is 0 Å². The van der Waals surface area contributed by atoms with Crippen molar-refractivity contribution in [2.45, 2.75) is 27.2 Å². The molecule has 1 aromatic heterocycles. The molecule has 0 spiro atoms. The monoisotopic (exact) mass is 259 g/mol. The Morgan fingerprint density at radius 1 is 1.11 bits per heavy atom. The second kappa shape index (κ2) is 7.97. The number of benzene rings is 1. The molecule has 2 aromatic rings. The Kier molecular flexibility index (Phi) is 6.22. The molecule has 4 heteroatoms. The smallest absolute Gasteiger partial charge is 0.229 e. The van der Waals surface area contributed by atoms with Crippen molar-refractivity contribution in [3.63, 3.8) is 0 Å². The Balaban J connectivity index is 0.00000115. The van der Waals surface area contributed by atoms with Crippen LogP contribution in [0.25, 0.3) is 0 Å². The maximum atomic E-state index is 11.7. The van der Waals surface area contributed by atoms with Crippen LogP contribution in [0.1, 0.15) is 26.5 Å². The molecule has 0 fully saturated rings. The van der Waals surface area contributed by atoms with E-state index in [2.05, 4.69) is 15.5 Å². The lowest BCUT2D eigenvalue weighted by molar-refractivity contribution is -0.115. The van der Waals surface area contributed by atoms with Gasteiger partial charge in [-0.15, -0.1) is 5.10 Å². The molecule has 1 amide bonds. The molecule has 2 rings (SSSR count). The Bertz CT molecular complexity index is 500. The first-order chi connectivity index (χ1) is 9.24. The molecule has 1 N–H and O–H groups in total.